The Hall–Kier alpha value is -2.60. The highest BCUT2D eigenvalue weighted by Crippen LogP contribution is 2.33. The minimum absolute atomic E-state index is 0.0516. The molecule has 1 aliphatic rings. The number of hydrogen-bond donors (Lipinski definition) is 2. The van der Waals surface area contributed by atoms with Gasteiger partial charge in [-0.25, -0.2) is 14.4 Å². The van der Waals surface area contributed by atoms with Gasteiger partial charge in [0.05, 0.1) is 16.1 Å². The van der Waals surface area contributed by atoms with Crippen molar-refractivity contribution in [2.45, 2.75) is 6.17 Å². The fraction of sp³-hybridized carbons (Fsp3) is 0.0667. The van der Waals surface area contributed by atoms with Gasteiger partial charge in [0, 0.05) is 0 Å². The molecule has 110 valence electrons. The van der Waals surface area contributed by atoms with Crippen LogP contribution in [0.1, 0.15) is 11.7 Å². The van der Waals surface area contributed by atoms with Crippen LogP contribution in [0.25, 0.3) is 11.0 Å². The molecule has 22 heavy (non-hydrogen) atoms. The molecule has 0 saturated carbocycles. The molecular formula is C15H11ClFN5. The Kier molecular flexibility index (Phi) is 2.80. The van der Waals surface area contributed by atoms with Crippen LogP contribution < -0.4 is 11.1 Å². The first-order chi connectivity index (χ1) is 10.6. The van der Waals surface area contributed by atoms with Crippen LogP contribution in [0.3, 0.4) is 0 Å². The summed E-state index contributed by atoms with van der Waals surface area (Å²) in [6.07, 6.45) is -0.443. The van der Waals surface area contributed by atoms with Crippen LogP contribution in [0.2, 0.25) is 5.02 Å². The van der Waals surface area contributed by atoms with E-state index in [1.165, 1.54) is 6.07 Å². The maximum Gasteiger partial charge on any atom is 0.212 e. The van der Waals surface area contributed by atoms with Crippen molar-refractivity contribution in [2.24, 2.45) is 10.7 Å². The van der Waals surface area contributed by atoms with Crippen molar-refractivity contribution in [1.29, 1.82) is 0 Å². The second-order valence-electron chi connectivity index (χ2n) is 4.98. The number of imidazole rings is 1. The molecule has 0 spiro atoms. The maximum absolute atomic E-state index is 13.4. The lowest BCUT2D eigenvalue weighted by molar-refractivity contribution is 0.610. The second-order valence-corrected chi connectivity index (χ2v) is 5.39. The van der Waals surface area contributed by atoms with E-state index >= 15 is 0 Å². The summed E-state index contributed by atoms with van der Waals surface area (Å²) in [5, 5.41) is 3.00. The fourth-order valence-corrected chi connectivity index (χ4v) is 2.80. The molecule has 4 rings (SSSR count). The standard InChI is InChI=1S/C15H11ClFN5/c16-9-7-8(5-6-10(9)17)13-20-14(18)21-15-19-11-3-1-2-4-12(11)22(13)15/h1-7,13H,(H3,18,19,20,21)/t13-/m0/s1. The second kappa shape index (κ2) is 4.71. The van der Waals surface area contributed by atoms with Gasteiger partial charge in [-0.15, -0.1) is 0 Å². The number of fused-ring (bicyclic) bond motifs is 3. The molecule has 0 aliphatic carbocycles. The van der Waals surface area contributed by atoms with Gasteiger partial charge in [0.1, 0.15) is 5.82 Å². The Morgan fingerprint density at radius 3 is 2.86 bits per heavy atom. The Bertz CT molecular complexity index is 917. The number of anilines is 1. The van der Waals surface area contributed by atoms with Gasteiger partial charge < -0.3 is 5.73 Å². The van der Waals surface area contributed by atoms with Crippen molar-refractivity contribution < 1.29 is 4.39 Å². The SMILES string of the molecule is NC1=N[C@H](c2ccc(F)c(Cl)c2)n2c(nc3ccccc32)N1. The zero-order chi connectivity index (χ0) is 15.3. The lowest BCUT2D eigenvalue weighted by Gasteiger charge is -2.24. The molecule has 0 saturated heterocycles. The van der Waals surface area contributed by atoms with Gasteiger partial charge in [-0.1, -0.05) is 29.8 Å². The summed E-state index contributed by atoms with van der Waals surface area (Å²) in [6.45, 7) is 0. The van der Waals surface area contributed by atoms with Crippen LogP contribution in [0.15, 0.2) is 47.5 Å². The summed E-state index contributed by atoms with van der Waals surface area (Å²) in [5.41, 5.74) is 8.32. The number of guanidine groups is 1. The van der Waals surface area contributed by atoms with Gasteiger partial charge in [0.15, 0.2) is 12.1 Å². The molecule has 0 amide bonds. The van der Waals surface area contributed by atoms with Crippen molar-refractivity contribution in [1.82, 2.24) is 9.55 Å². The zero-order valence-electron chi connectivity index (χ0n) is 11.3. The Morgan fingerprint density at radius 1 is 1.23 bits per heavy atom. The summed E-state index contributed by atoms with van der Waals surface area (Å²) in [6, 6.07) is 12.2. The number of benzene rings is 2. The van der Waals surface area contributed by atoms with Gasteiger partial charge in [0.25, 0.3) is 0 Å². The summed E-state index contributed by atoms with van der Waals surface area (Å²) in [7, 11) is 0. The predicted octanol–water partition coefficient (Wildman–Crippen LogP) is 3.12. The predicted molar refractivity (Wildman–Crippen MR) is 84.5 cm³/mol. The van der Waals surface area contributed by atoms with E-state index in [1.54, 1.807) is 12.1 Å². The average Bonchev–Trinajstić information content (AvgIpc) is 2.87. The first kappa shape index (κ1) is 13.1. The quantitative estimate of drug-likeness (QED) is 0.725. The third kappa shape index (κ3) is 1.92. The van der Waals surface area contributed by atoms with Crippen LogP contribution in [-0.4, -0.2) is 15.5 Å². The van der Waals surface area contributed by atoms with E-state index in [2.05, 4.69) is 15.3 Å². The van der Waals surface area contributed by atoms with Gasteiger partial charge >= 0.3 is 0 Å². The number of aliphatic imine (C=N–C) groups is 1. The molecular weight excluding hydrogens is 305 g/mol. The minimum atomic E-state index is -0.466. The highest BCUT2D eigenvalue weighted by Gasteiger charge is 2.25. The summed E-state index contributed by atoms with van der Waals surface area (Å²) in [5.74, 6) is 0.388. The van der Waals surface area contributed by atoms with E-state index < -0.39 is 12.0 Å². The molecule has 3 N–H and O–H groups in total. The normalized spacial score (nSPS) is 17.0. The van der Waals surface area contributed by atoms with Crippen LogP contribution in [-0.2, 0) is 0 Å². The van der Waals surface area contributed by atoms with Crippen LogP contribution in [0, 0.1) is 5.82 Å². The van der Waals surface area contributed by atoms with Crippen LogP contribution in [0.4, 0.5) is 10.3 Å². The number of hydrogen-bond acceptors (Lipinski definition) is 4. The lowest BCUT2D eigenvalue weighted by atomic mass is 10.1. The molecule has 1 atom stereocenters. The molecule has 5 nitrogen and oxygen atoms in total. The van der Waals surface area contributed by atoms with Gasteiger partial charge in [-0.2, -0.15) is 0 Å². The fourth-order valence-electron chi connectivity index (χ4n) is 2.61. The zero-order valence-corrected chi connectivity index (χ0v) is 12.0. The molecule has 3 aromatic rings. The number of halogens is 2. The first-order valence-corrected chi connectivity index (χ1v) is 7.03. The molecule has 7 heteroatoms. The van der Waals surface area contributed by atoms with Crippen LogP contribution in [0.5, 0.6) is 0 Å². The molecule has 1 aromatic heterocycles. The number of nitrogens with one attached hydrogen (secondary N) is 1. The van der Waals surface area contributed by atoms with E-state index in [1.807, 2.05) is 28.8 Å². The van der Waals surface area contributed by atoms with Gasteiger partial charge in [0.2, 0.25) is 5.95 Å². The largest absolute Gasteiger partial charge is 0.370 e. The van der Waals surface area contributed by atoms with Crippen molar-refractivity contribution in [3.05, 3.63) is 58.9 Å². The van der Waals surface area contributed by atoms with Crippen molar-refractivity contribution >= 4 is 34.5 Å². The van der Waals surface area contributed by atoms with E-state index in [4.69, 9.17) is 17.3 Å². The number of rotatable bonds is 1. The minimum Gasteiger partial charge on any atom is -0.370 e. The topological polar surface area (TPSA) is 68.2 Å². The molecule has 0 radical (unpaired) electrons. The van der Waals surface area contributed by atoms with Crippen molar-refractivity contribution in [2.75, 3.05) is 5.32 Å². The molecule has 0 bridgehead atoms. The molecule has 2 aromatic carbocycles. The molecule has 1 aliphatic heterocycles. The number of nitrogens with two attached hydrogens (primary N) is 1. The molecule has 2 heterocycles. The van der Waals surface area contributed by atoms with Crippen LogP contribution >= 0.6 is 11.6 Å². The van der Waals surface area contributed by atoms with Gasteiger partial charge in [-0.05, 0) is 29.8 Å². The Labute approximate surface area is 130 Å². The molecule has 0 fully saturated rings. The highest BCUT2D eigenvalue weighted by molar-refractivity contribution is 6.30. The van der Waals surface area contributed by atoms with Crippen molar-refractivity contribution in [3.63, 3.8) is 0 Å². The summed E-state index contributed by atoms with van der Waals surface area (Å²) >= 11 is 5.89. The van der Waals surface area contributed by atoms with Crippen molar-refractivity contribution in [3.8, 4) is 0 Å². The van der Waals surface area contributed by atoms with Gasteiger partial charge in [-0.3, -0.25) is 9.88 Å². The summed E-state index contributed by atoms with van der Waals surface area (Å²) in [4.78, 5) is 8.92. The van der Waals surface area contributed by atoms with E-state index in [0.29, 0.717) is 5.95 Å². The average molecular weight is 316 g/mol. The number of nitrogens with zero attached hydrogens (tertiary/aromatic N) is 3. The number of para-hydroxylation sites is 2. The summed E-state index contributed by atoms with van der Waals surface area (Å²) < 4.78 is 15.3. The smallest absolute Gasteiger partial charge is 0.212 e. The highest BCUT2D eigenvalue weighted by atomic mass is 35.5. The monoisotopic (exact) mass is 315 g/mol. The Balaban J connectivity index is 1.96. The lowest BCUT2D eigenvalue weighted by Crippen LogP contribution is -2.31. The maximum atomic E-state index is 13.4. The third-order valence-electron chi connectivity index (χ3n) is 3.58. The Morgan fingerprint density at radius 2 is 2.05 bits per heavy atom. The number of aromatic nitrogens is 2. The first-order valence-electron chi connectivity index (χ1n) is 6.66. The van der Waals surface area contributed by atoms with E-state index in [0.717, 1.165) is 16.6 Å². The van der Waals surface area contributed by atoms with E-state index in [-0.39, 0.29) is 11.0 Å². The molecule has 0 unspecified atom stereocenters. The van der Waals surface area contributed by atoms with E-state index in [9.17, 15) is 4.39 Å². The third-order valence-corrected chi connectivity index (χ3v) is 3.87.